The number of pyridine rings is 1. The highest BCUT2D eigenvalue weighted by molar-refractivity contribution is 8.45. The molecule has 0 saturated carbocycles. The van der Waals surface area contributed by atoms with Crippen LogP contribution in [-0.2, 0) is 7.05 Å². The molecule has 1 fully saturated rings. The molecule has 39 heavy (non-hydrogen) atoms. The minimum absolute atomic E-state index is 0.179. The Kier molecular flexibility index (Phi) is 6.97. The van der Waals surface area contributed by atoms with Gasteiger partial charge >= 0.3 is 15.9 Å². The molecule has 1 aliphatic rings. The average molecular weight is 571 g/mol. The smallest absolute Gasteiger partial charge is 0.349 e. The fourth-order valence-corrected chi connectivity index (χ4v) is 6.12. The van der Waals surface area contributed by atoms with Crippen molar-refractivity contribution in [3.8, 4) is 6.07 Å². The standard InChI is InChI=1S/C26H31F5N6OS/c1-5-19-16-37(25-24-23(35(4)26(38)34-25)12-11-18(14-32)33-24)20(6-2)15-36(19)22(7-3)17-9-8-10-21(13-17)39(27,28,29,30)31/h8-13,19-20,22H,5-7,15-16H2,1-4H3/t19-,20+,22-/m1/s1. The van der Waals surface area contributed by atoms with Gasteiger partial charge in [0.15, 0.2) is 5.82 Å². The Bertz CT molecular complexity index is 1500. The van der Waals surface area contributed by atoms with Crippen LogP contribution in [0, 0.1) is 11.3 Å². The van der Waals surface area contributed by atoms with E-state index in [2.05, 4.69) is 14.9 Å². The fraction of sp³-hybridized carbons (Fsp3) is 0.462. The molecule has 1 aliphatic heterocycles. The summed E-state index contributed by atoms with van der Waals surface area (Å²) in [5.74, 6) is 0.353. The number of aromatic nitrogens is 3. The van der Waals surface area contributed by atoms with Crippen LogP contribution in [0.2, 0.25) is 0 Å². The van der Waals surface area contributed by atoms with Gasteiger partial charge in [0.1, 0.15) is 22.2 Å². The Morgan fingerprint density at radius 2 is 1.72 bits per heavy atom. The van der Waals surface area contributed by atoms with Gasteiger partial charge in [0.2, 0.25) is 0 Å². The molecule has 0 unspecified atom stereocenters. The molecule has 0 N–H and O–H groups in total. The van der Waals surface area contributed by atoms with Gasteiger partial charge in [0.25, 0.3) is 0 Å². The molecule has 4 rings (SSSR count). The van der Waals surface area contributed by atoms with Crippen LogP contribution in [0.4, 0.5) is 25.2 Å². The van der Waals surface area contributed by atoms with E-state index in [1.165, 1.54) is 16.7 Å². The molecule has 1 saturated heterocycles. The van der Waals surface area contributed by atoms with Crippen LogP contribution in [0.15, 0.2) is 46.1 Å². The van der Waals surface area contributed by atoms with Gasteiger partial charge < -0.3 is 4.90 Å². The third-order valence-electron chi connectivity index (χ3n) is 7.48. The Balaban J connectivity index is 1.77. The minimum Gasteiger partial charge on any atom is -0.349 e. The van der Waals surface area contributed by atoms with Crippen molar-refractivity contribution in [1.29, 1.82) is 5.26 Å². The lowest BCUT2D eigenvalue weighted by Gasteiger charge is -2.50. The quantitative estimate of drug-likeness (QED) is 0.295. The van der Waals surface area contributed by atoms with Gasteiger partial charge in [-0.3, -0.25) is 9.47 Å². The second-order valence-corrected chi connectivity index (χ2v) is 12.3. The fourth-order valence-electron chi connectivity index (χ4n) is 5.42. The highest BCUT2D eigenvalue weighted by Gasteiger charge is 2.65. The van der Waals surface area contributed by atoms with E-state index < -0.39 is 26.9 Å². The molecule has 3 heterocycles. The molecule has 13 heteroatoms. The molecule has 0 bridgehead atoms. The maximum Gasteiger partial charge on any atom is 0.349 e. The molecule has 2 aromatic heterocycles. The number of hydrogen-bond donors (Lipinski definition) is 0. The average Bonchev–Trinajstić information content (AvgIpc) is 2.89. The summed E-state index contributed by atoms with van der Waals surface area (Å²) in [6, 6.07) is 7.80. The van der Waals surface area contributed by atoms with Crippen LogP contribution in [0.5, 0.6) is 0 Å². The first-order valence-corrected chi connectivity index (χ1v) is 14.7. The summed E-state index contributed by atoms with van der Waals surface area (Å²) in [7, 11) is -8.26. The van der Waals surface area contributed by atoms with Gasteiger partial charge in [0, 0.05) is 38.3 Å². The first-order chi connectivity index (χ1) is 18.1. The van der Waals surface area contributed by atoms with E-state index in [9.17, 15) is 29.5 Å². The zero-order chi connectivity index (χ0) is 28.8. The van der Waals surface area contributed by atoms with Crippen molar-refractivity contribution in [2.24, 2.45) is 7.05 Å². The van der Waals surface area contributed by atoms with Gasteiger partial charge in [0.05, 0.1) is 5.52 Å². The van der Waals surface area contributed by atoms with Crippen molar-refractivity contribution < 1.29 is 19.4 Å². The van der Waals surface area contributed by atoms with Crippen LogP contribution in [-0.4, -0.2) is 44.6 Å². The molecule has 0 amide bonds. The van der Waals surface area contributed by atoms with Crippen molar-refractivity contribution in [3.05, 3.63) is 58.1 Å². The van der Waals surface area contributed by atoms with E-state index in [0.717, 1.165) is 6.07 Å². The number of nitriles is 1. The number of rotatable bonds is 7. The van der Waals surface area contributed by atoms with Gasteiger partial charge in [-0.1, -0.05) is 52.3 Å². The van der Waals surface area contributed by atoms with Crippen molar-refractivity contribution >= 4 is 27.1 Å². The molecule has 0 radical (unpaired) electrons. The Labute approximate surface area is 223 Å². The SMILES string of the molecule is CC[C@H]1CN([C@H](CC)c2cccc(S(F)(F)(F)(F)F)c2)[C@H](CC)CN1c1nc(=O)n(C)c2ccc(C#N)nc12. The highest BCUT2D eigenvalue weighted by Crippen LogP contribution is 3.02. The Hall–Kier alpha value is -3.24. The number of anilines is 1. The molecule has 1 aromatic carbocycles. The lowest BCUT2D eigenvalue weighted by atomic mass is 9.95. The lowest BCUT2D eigenvalue weighted by molar-refractivity contribution is 0.0894. The van der Waals surface area contributed by atoms with E-state index in [1.807, 2.05) is 31.7 Å². The van der Waals surface area contributed by atoms with Crippen molar-refractivity contribution in [1.82, 2.24) is 19.4 Å². The number of benzene rings is 1. The van der Waals surface area contributed by atoms with Crippen LogP contribution >= 0.6 is 10.2 Å². The lowest BCUT2D eigenvalue weighted by Crippen LogP contribution is -2.59. The summed E-state index contributed by atoms with van der Waals surface area (Å²) in [4.78, 5) is 23.7. The van der Waals surface area contributed by atoms with E-state index in [-0.39, 0.29) is 23.3 Å². The summed E-state index contributed by atoms with van der Waals surface area (Å²) < 4.78 is 69.4. The second kappa shape index (κ2) is 9.45. The normalized spacial score (nSPS) is 21.3. The maximum atomic E-state index is 13.6. The number of fused-ring (bicyclic) bond motifs is 1. The van der Waals surface area contributed by atoms with E-state index in [1.54, 1.807) is 13.1 Å². The monoisotopic (exact) mass is 570 g/mol. The zero-order valence-corrected chi connectivity index (χ0v) is 22.9. The summed E-state index contributed by atoms with van der Waals surface area (Å²) in [5.41, 5.74) is 0.816. The summed E-state index contributed by atoms with van der Waals surface area (Å²) in [6.45, 7) is 6.52. The summed E-state index contributed by atoms with van der Waals surface area (Å²) in [6.07, 6.45) is 1.65. The molecule has 3 aromatic rings. The van der Waals surface area contributed by atoms with Crippen molar-refractivity contribution in [3.63, 3.8) is 0 Å². The molecule has 7 nitrogen and oxygen atoms in total. The maximum absolute atomic E-state index is 13.6. The number of piperazine rings is 1. The van der Waals surface area contributed by atoms with Gasteiger partial charge in [-0.05, 0) is 49.1 Å². The number of nitrogens with zero attached hydrogens (tertiary/aromatic N) is 6. The minimum atomic E-state index is -9.84. The van der Waals surface area contributed by atoms with Crippen LogP contribution in [0.3, 0.4) is 0 Å². The van der Waals surface area contributed by atoms with Gasteiger partial charge in [-0.25, -0.2) is 9.78 Å². The first-order valence-electron chi connectivity index (χ1n) is 12.8. The molecule has 3 atom stereocenters. The van der Waals surface area contributed by atoms with Crippen LogP contribution in [0.1, 0.15) is 57.3 Å². The second-order valence-electron chi connectivity index (χ2n) is 9.89. The molecule has 0 aliphatic carbocycles. The predicted molar refractivity (Wildman–Crippen MR) is 143 cm³/mol. The van der Waals surface area contributed by atoms with Crippen LogP contribution < -0.4 is 10.6 Å². The largest absolute Gasteiger partial charge is 0.349 e. The van der Waals surface area contributed by atoms with Crippen molar-refractivity contribution in [2.45, 2.75) is 63.1 Å². The van der Waals surface area contributed by atoms with Gasteiger partial charge in [-0.2, -0.15) is 10.2 Å². The summed E-state index contributed by atoms with van der Waals surface area (Å²) in [5, 5.41) is 9.40. The van der Waals surface area contributed by atoms with E-state index in [0.29, 0.717) is 61.3 Å². The predicted octanol–water partition coefficient (Wildman–Crippen LogP) is 6.69. The van der Waals surface area contributed by atoms with Crippen LogP contribution in [0.25, 0.3) is 11.0 Å². The van der Waals surface area contributed by atoms with E-state index >= 15 is 0 Å². The van der Waals surface area contributed by atoms with Crippen molar-refractivity contribution in [2.75, 3.05) is 18.0 Å². The Morgan fingerprint density at radius 3 is 2.31 bits per heavy atom. The Morgan fingerprint density at radius 1 is 1.03 bits per heavy atom. The third-order valence-corrected chi connectivity index (χ3v) is 8.62. The summed E-state index contributed by atoms with van der Waals surface area (Å²) >= 11 is 0. The number of hydrogen-bond acceptors (Lipinski definition) is 6. The highest BCUT2D eigenvalue weighted by atomic mass is 32.5. The topological polar surface area (TPSA) is 78.0 Å². The number of halogens is 5. The molecular weight excluding hydrogens is 539 g/mol. The zero-order valence-electron chi connectivity index (χ0n) is 22.1. The van der Waals surface area contributed by atoms with E-state index in [4.69, 9.17) is 0 Å². The third kappa shape index (κ3) is 5.58. The first kappa shape index (κ1) is 28.8. The molecule has 212 valence electrons. The molecular formula is C26H31F5N6OS. The number of aryl methyl sites for hydroxylation is 1. The van der Waals surface area contributed by atoms with Gasteiger partial charge in [-0.15, -0.1) is 0 Å². The molecule has 0 spiro atoms.